The summed E-state index contributed by atoms with van der Waals surface area (Å²) in [5.41, 5.74) is 0. The van der Waals surface area contributed by atoms with Gasteiger partial charge in [0.1, 0.15) is 0 Å². The molecule has 0 radical (unpaired) electrons. The molecular formula is C15H29IN4. The lowest BCUT2D eigenvalue weighted by Gasteiger charge is -2.23. The molecule has 0 amide bonds. The van der Waals surface area contributed by atoms with Gasteiger partial charge in [-0.1, -0.05) is 12.2 Å². The van der Waals surface area contributed by atoms with Crippen LogP contribution in [0.5, 0.6) is 0 Å². The number of rotatable bonds is 6. The predicted octanol–water partition coefficient (Wildman–Crippen LogP) is 2.22. The van der Waals surface area contributed by atoms with Crippen LogP contribution in [0.2, 0.25) is 0 Å². The van der Waals surface area contributed by atoms with Crippen molar-refractivity contribution in [2.45, 2.75) is 44.7 Å². The maximum Gasteiger partial charge on any atom is 0.191 e. The van der Waals surface area contributed by atoms with Gasteiger partial charge in [-0.15, -0.1) is 24.0 Å². The highest BCUT2D eigenvalue weighted by Gasteiger charge is 2.32. The van der Waals surface area contributed by atoms with Crippen molar-refractivity contribution in [3.63, 3.8) is 0 Å². The molecule has 0 heterocycles. The van der Waals surface area contributed by atoms with Crippen molar-refractivity contribution < 1.29 is 0 Å². The zero-order valence-electron chi connectivity index (χ0n) is 12.9. The quantitative estimate of drug-likeness (QED) is 0.315. The van der Waals surface area contributed by atoms with Gasteiger partial charge in [0.15, 0.2) is 5.96 Å². The van der Waals surface area contributed by atoms with Gasteiger partial charge in [0.05, 0.1) is 6.54 Å². The average Bonchev–Trinajstić information content (AvgIpc) is 3.06. The molecule has 0 spiro atoms. The molecule has 2 N–H and O–H groups in total. The first-order valence-electron chi connectivity index (χ1n) is 7.57. The number of aliphatic imine (C=N–C) groups is 1. The Morgan fingerprint density at radius 1 is 1.30 bits per heavy atom. The van der Waals surface area contributed by atoms with E-state index < -0.39 is 0 Å². The van der Waals surface area contributed by atoms with Crippen LogP contribution in [0, 0.1) is 5.92 Å². The molecule has 5 heteroatoms. The van der Waals surface area contributed by atoms with Gasteiger partial charge >= 0.3 is 0 Å². The van der Waals surface area contributed by atoms with Gasteiger partial charge in [0.2, 0.25) is 0 Å². The maximum atomic E-state index is 4.78. The minimum Gasteiger partial charge on any atom is -0.357 e. The number of nitrogens with one attached hydrogen (secondary N) is 2. The average molecular weight is 392 g/mol. The van der Waals surface area contributed by atoms with Crippen molar-refractivity contribution in [3.8, 4) is 0 Å². The summed E-state index contributed by atoms with van der Waals surface area (Å²) in [4.78, 5) is 7.11. The molecule has 1 unspecified atom stereocenters. The van der Waals surface area contributed by atoms with Gasteiger partial charge in [-0.05, 0) is 52.6 Å². The molecule has 1 fully saturated rings. The highest BCUT2D eigenvalue weighted by atomic mass is 127. The van der Waals surface area contributed by atoms with E-state index in [1.165, 1.54) is 12.8 Å². The highest BCUT2D eigenvalue weighted by molar-refractivity contribution is 14.0. The standard InChI is InChI=1S/C15H28N4.HI/c1-4-16-15(18-13-7-5-6-8-13)17-11-14(19(2)3)12-9-10-12;/h5-6,12-14H,4,7-11H2,1-3H3,(H2,16,17,18);1H. The molecule has 0 aromatic rings. The van der Waals surface area contributed by atoms with Crippen LogP contribution in [0.1, 0.15) is 32.6 Å². The Bertz CT molecular complexity index is 327. The molecule has 0 aromatic carbocycles. The number of hydrogen-bond acceptors (Lipinski definition) is 2. The number of hydrogen-bond donors (Lipinski definition) is 2. The summed E-state index contributed by atoms with van der Waals surface area (Å²) < 4.78 is 0. The Morgan fingerprint density at radius 3 is 2.45 bits per heavy atom. The summed E-state index contributed by atoms with van der Waals surface area (Å²) >= 11 is 0. The van der Waals surface area contributed by atoms with E-state index in [1.807, 2.05) is 0 Å². The lowest BCUT2D eigenvalue weighted by molar-refractivity contribution is 0.271. The second-order valence-corrected chi connectivity index (χ2v) is 5.87. The Morgan fingerprint density at radius 2 is 1.95 bits per heavy atom. The van der Waals surface area contributed by atoms with Gasteiger partial charge in [-0.25, -0.2) is 0 Å². The number of likely N-dealkylation sites (N-methyl/N-ethyl adjacent to an activating group) is 1. The number of nitrogens with zero attached hydrogens (tertiary/aromatic N) is 2. The van der Waals surface area contributed by atoms with E-state index >= 15 is 0 Å². The van der Waals surface area contributed by atoms with Crippen molar-refractivity contribution in [1.82, 2.24) is 15.5 Å². The van der Waals surface area contributed by atoms with Crippen LogP contribution in [0.15, 0.2) is 17.1 Å². The molecule has 4 nitrogen and oxygen atoms in total. The minimum absolute atomic E-state index is 0. The van der Waals surface area contributed by atoms with Gasteiger partial charge in [-0.3, -0.25) is 4.99 Å². The summed E-state index contributed by atoms with van der Waals surface area (Å²) in [6, 6.07) is 1.12. The zero-order valence-corrected chi connectivity index (χ0v) is 15.3. The molecule has 116 valence electrons. The summed E-state index contributed by atoms with van der Waals surface area (Å²) in [6.07, 6.45) is 9.46. The maximum absolute atomic E-state index is 4.78. The molecule has 1 atom stereocenters. The van der Waals surface area contributed by atoms with Gasteiger partial charge in [0, 0.05) is 18.6 Å². The van der Waals surface area contributed by atoms with Crippen LogP contribution >= 0.6 is 24.0 Å². The lowest BCUT2D eigenvalue weighted by atomic mass is 10.2. The van der Waals surface area contributed by atoms with Gasteiger partial charge in [-0.2, -0.15) is 0 Å². The van der Waals surface area contributed by atoms with Crippen LogP contribution in [0.4, 0.5) is 0 Å². The third kappa shape index (κ3) is 5.60. The molecule has 1 saturated carbocycles. The normalized spacial score (nSPS) is 20.9. The smallest absolute Gasteiger partial charge is 0.191 e. The van der Waals surface area contributed by atoms with E-state index in [1.54, 1.807) is 0 Å². The van der Waals surface area contributed by atoms with Crippen LogP contribution in [0.25, 0.3) is 0 Å². The fourth-order valence-electron chi connectivity index (χ4n) is 2.65. The van der Waals surface area contributed by atoms with E-state index in [0.29, 0.717) is 12.1 Å². The first-order valence-corrected chi connectivity index (χ1v) is 7.57. The molecule has 0 saturated heterocycles. The molecule has 0 bridgehead atoms. The fourth-order valence-corrected chi connectivity index (χ4v) is 2.65. The summed E-state index contributed by atoms with van der Waals surface area (Å²) in [7, 11) is 4.33. The third-order valence-electron chi connectivity index (χ3n) is 3.96. The molecule has 0 aliphatic heterocycles. The fraction of sp³-hybridized carbons (Fsp3) is 0.800. The Balaban J connectivity index is 0.00000200. The van der Waals surface area contributed by atoms with Crippen molar-refractivity contribution in [1.29, 1.82) is 0 Å². The monoisotopic (exact) mass is 392 g/mol. The van der Waals surface area contributed by atoms with E-state index in [4.69, 9.17) is 4.99 Å². The molecular weight excluding hydrogens is 363 g/mol. The highest BCUT2D eigenvalue weighted by Crippen LogP contribution is 2.34. The van der Waals surface area contributed by atoms with E-state index in [9.17, 15) is 0 Å². The first-order chi connectivity index (χ1) is 9.20. The summed E-state index contributed by atoms with van der Waals surface area (Å²) in [5.74, 6) is 1.83. The number of halogens is 1. The SMILES string of the molecule is CCNC(=NCC(C1CC1)N(C)C)NC1CC=CC1.I. The molecule has 20 heavy (non-hydrogen) atoms. The lowest BCUT2D eigenvalue weighted by Crippen LogP contribution is -2.43. The predicted molar refractivity (Wildman–Crippen MR) is 96.9 cm³/mol. The third-order valence-corrected chi connectivity index (χ3v) is 3.96. The van der Waals surface area contributed by atoms with Gasteiger partial charge in [0.25, 0.3) is 0 Å². The van der Waals surface area contributed by atoms with Gasteiger partial charge < -0.3 is 15.5 Å². The summed E-state index contributed by atoms with van der Waals surface area (Å²) in [5, 5.41) is 6.88. The minimum atomic E-state index is 0. The Labute approximate surface area is 140 Å². The molecule has 2 rings (SSSR count). The second kappa shape index (κ2) is 8.87. The molecule has 2 aliphatic rings. The van der Waals surface area contributed by atoms with Crippen molar-refractivity contribution in [2.24, 2.45) is 10.9 Å². The topological polar surface area (TPSA) is 39.7 Å². The van der Waals surface area contributed by atoms with Crippen molar-refractivity contribution in [2.75, 3.05) is 27.2 Å². The largest absolute Gasteiger partial charge is 0.357 e. The van der Waals surface area contributed by atoms with E-state index in [-0.39, 0.29) is 24.0 Å². The van der Waals surface area contributed by atoms with Crippen molar-refractivity contribution >= 4 is 29.9 Å². The number of guanidine groups is 1. The van der Waals surface area contributed by atoms with Crippen LogP contribution in [-0.2, 0) is 0 Å². The van der Waals surface area contributed by atoms with Crippen LogP contribution in [-0.4, -0.2) is 50.1 Å². The first kappa shape index (κ1) is 17.8. The molecule has 0 aromatic heterocycles. The van der Waals surface area contributed by atoms with E-state index in [2.05, 4.69) is 48.7 Å². The Hall–Kier alpha value is -0.300. The second-order valence-electron chi connectivity index (χ2n) is 5.87. The van der Waals surface area contributed by atoms with Crippen LogP contribution < -0.4 is 10.6 Å². The van der Waals surface area contributed by atoms with Crippen molar-refractivity contribution in [3.05, 3.63) is 12.2 Å². The Kier molecular flexibility index (Phi) is 7.87. The van der Waals surface area contributed by atoms with Crippen LogP contribution in [0.3, 0.4) is 0 Å². The van der Waals surface area contributed by atoms with E-state index in [0.717, 1.165) is 37.8 Å². The molecule has 2 aliphatic carbocycles. The summed E-state index contributed by atoms with van der Waals surface area (Å²) in [6.45, 7) is 3.93. The zero-order chi connectivity index (χ0) is 13.7.